The van der Waals surface area contributed by atoms with Crippen LogP contribution in [0, 0.1) is 5.92 Å². The first kappa shape index (κ1) is 15.3. The van der Waals surface area contributed by atoms with E-state index in [2.05, 4.69) is 5.32 Å². The van der Waals surface area contributed by atoms with E-state index in [0.717, 1.165) is 36.6 Å². The quantitative estimate of drug-likeness (QED) is 0.840. The van der Waals surface area contributed by atoms with Gasteiger partial charge in [-0.2, -0.15) is 13.2 Å². The monoisotopic (exact) mass is 286 g/mol. The SMILES string of the molecule is NCC(NCCC1CCC1)c1ccc(C(F)(F)F)cc1. The summed E-state index contributed by atoms with van der Waals surface area (Å²) in [6.45, 7) is 1.25. The number of rotatable bonds is 6. The number of hydrogen-bond acceptors (Lipinski definition) is 2. The average Bonchev–Trinajstić information content (AvgIpc) is 2.36. The largest absolute Gasteiger partial charge is 0.416 e. The molecule has 1 unspecified atom stereocenters. The molecule has 1 saturated carbocycles. The van der Waals surface area contributed by atoms with Crippen molar-refractivity contribution in [3.63, 3.8) is 0 Å². The standard InChI is InChI=1S/C15H21F3N2/c16-15(17,18)13-6-4-12(5-7-13)14(10-19)20-9-8-11-2-1-3-11/h4-7,11,14,20H,1-3,8-10,19H2. The fraction of sp³-hybridized carbons (Fsp3) is 0.600. The summed E-state index contributed by atoms with van der Waals surface area (Å²) in [6.07, 6.45) is 0.764. The van der Waals surface area contributed by atoms with Gasteiger partial charge in [0, 0.05) is 12.6 Å². The second kappa shape index (κ2) is 6.59. The summed E-state index contributed by atoms with van der Waals surface area (Å²) >= 11 is 0. The number of nitrogens with two attached hydrogens (primary N) is 1. The predicted octanol–water partition coefficient (Wildman–Crippen LogP) is 3.49. The number of halogens is 3. The molecule has 0 radical (unpaired) electrons. The Balaban J connectivity index is 1.89. The second-order valence-electron chi connectivity index (χ2n) is 5.45. The van der Waals surface area contributed by atoms with Crippen LogP contribution in [0.25, 0.3) is 0 Å². The highest BCUT2D eigenvalue weighted by atomic mass is 19.4. The zero-order valence-corrected chi connectivity index (χ0v) is 11.4. The highest BCUT2D eigenvalue weighted by Gasteiger charge is 2.30. The van der Waals surface area contributed by atoms with Gasteiger partial charge in [-0.1, -0.05) is 31.4 Å². The molecular formula is C15H21F3N2. The van der Waals surface area contributed by atoms with Gasteiger partial charge < -0.3 is 11.1 Å². The maximum atomic E-state index is 12.5. The van der Waals surface area contributed by atoms with Gasteiger partial charge in [0.2, 0.25) is 0 Å². The number of nitrogens with one attached hydrogen (secondary N) is 1. The van der Waals surface area contributed by atoms with Crippen molar-refractivity contribution >= 4 is 0 Å². The van der Waals surface area contributed by atoms with E-state index in [1.807, 2.05) is 0 Å². The Bertz CT molecular complexity index is 410. The van der Waals surface area contributed by atoms with Crippen LogP contribution in [-0.2, 0) is 6.18 Å². The van der Waals surface area contributed by atoms with Gasteiger partial charge in [0.25, 0.3) is 0 Å². The van der Waals surface area contributed by atoms with Crippen LogP contribution >= 0.6 is 0 Å². The van der Waals surface area contributed by atoms with Crippen LogP contribution < -0.4 is 11.1 Å². The fourth-order valence-corrected chi connectivity index (χ4v) is 2.48. The van der Waals surface area contributed by atoms with Crippen LogP contribution in [0.4, 0.5) is 13.2 Å². The maximum Gasteiger partial charge on any atom is 0.416 e. The van der Waals surface area contributed by atoms with Gasteiger partial charge >= 0.3 is 6.18 Å². The molecule has 20 heavy (non-hydrogen) atoms. The number of hydrogen-bond donors (Lipinski definition) is 2. The lowest BCUT2D eigenvalue weighted by Crippen LogP contribution is -2.30. The van der Waals surface area contributed by atoms with Gasteiger partial charge in [-0.15, -0.1) is 0 Å². The van der Waals surface area contributed by atoms with Crippen molar-refractivity contribution in [2.24, 2.45) is 11.7 Å². The molecule has 2 nitrogen and oxygen atoms in total. The first-order valence-corrected chi connectivity index (χ1v) is 7.11. The van der Waals surface area contributed by atoms with Crippen LogP contribution in [0.2, 0.25) is 0 Å². The minimum absolute atomic E-state index is 0.0719. The summed E-state index contributed by atoms with van der Waals surface area (Å²) in [6, 6.07) is 5.18. The van der Waals surface area contributed by atoms with E-state index in [4.69, 9.17) is 5.73 Å². The first-order chi connectivity index (χ1) is 9.50. The van der Waals surface area contributed by atoms with Gasteiger partial charge in [0.05, 0.1) is 5.56 Å². The molecule has 1 fully saturated rings. The van der Waals surface area contributed by atoms with Crippen molar-refractivity contribution in [3.8, 4) is 0 Å². The Labute approximate surface area is 117 Å². The zero-order chi connectivity index (χ0) is 14.6. The Morgan fingerprint density at radius 1 is 1.20 bits per heavy atom. The van der Waals surface area contributed by atoms with Gasteiger partial charge in [-0.25, -0.2) is 0 Å². The van der Waals surface area contributed by atoms with Crippen molar-refractivity contribution in [2.75, 3.05) is 13.1 Å². The molecule has 112 valence electrons. The van der Waals surface area contributed by atoms with E-state index in [-0.39, 0.29) is 6.04 Å². The molecular weight excluding hydrogens is 265 g/mol. The molecule has 0 bridgehead atoms. The molecule has 0 heterocycles. The first-order valence-electron chi connectivity index (χ1n) is 7.11. The fourth-order valence-electron chi connectivity index (χ4n) is 2.48. The van der Waals surface area contributed by atoms with Crippen molar-refractivity contribution in [2.45, 2.75) is 37.9 Å². The van der Waals surface area contributed by atoms with Gasteiger partial charge in [0.1, 0.15) is 0 Å². The molecule has 1 aromatic carbocycles. The minimum Gasteiger partial charge on any atom is -0.329 e. The molecule has 1 aliphatic rings. The predicted molar refractivity (Wildman–Crippen MR) is 73.2 cm³/mol. The van der Waals surface area contributed by atoms with E-state index in [0.29, 0.717) is 6.54 Å². The third-order valence-corrected chi connectivity index (χ3v) is 4.04. The highest BCUT2D eigenvalue weighted by molar-refractivity contribution is 5.27. The van der Waals surface area contributed by atoms with Crippen LogP contribution in [-0.4, -0.2) is 13.1 Å². The Morgan fingerprint density at radius 3 is 2.30 bits per heavy atom. The van der Waals surface area contributed by atoms with E-state index in [1.165, 1.54) is 31.4 Å². The summed E-state index contributed by atoms with van der Waals surface area (Å²) in [5.74, 6) is 0.813. The molecule has 0 spiro atoms. The molecule has 1 aliphatic carbocycles. The second-order valence-corrected chi connectivity index (χ2v) is 5.45. The van der Waals surface area contributed by atoms with E-state index in [9.17, 15) is 13.2 Å². The lowest BCUT2D eigenvalue weighted by molar-refractivity contribution is -0.137. The molecule has 0 amide bonds. The van der Waals surface area contributed by atoms with Crippen molar-refractivity contribution < 1.29 is 13.2 Å². The van der Waals surface area contributed by atoms with Gasteiger partial charge in [0.15, 0.2) is 0 Å². The van der Waals surface area contributed by atoms with Crippen LogP contribution in [0.5, 0.6) is 0 Å². The summed E-state index contributed by atoms with van der Waals surface area (Å²) in [4.78, 5) is 0. The topological polar surface area (TPSA) is 38.0 Å². The minimum atomic E-state index is -4.28. The van der Waals surface area contributed by atoms with Gasteiger partial charge in [-0.05, 0) is 36.6 Å². The van der Waals surface area contributed by atoms with E-state index < -0.39 is 11.7 Å². The Hall–Kier alpha value is -1.07. The van der Waals surface area contributed by atoms with E-state index in [1.54, 1.807) is 0 Å². The zero-order valence-electron chi connectivity index (χ0n) is 11.4. The van der Waals surface area contributed by atoms with Crippen molar-refractivity contribution in [1.29, 1.82) is 0 Å². The maximum absolute atomic E-state index is 12.5. The Morgan fingerprint density at radius 2 is 1.85 bits per heavy atom. The van der Waals surface area contributed by atoms with Crippen molar-refractivity contribution in [3.05, 3.63) is 35.4 Å². The summed E-state index contributed by atoms with van der Waals surface area (Å²) in [5.41, 5.74) is 5.90. The number of alkyl halides is 3. The summed E-state index contributed by atoms with van der Waals surface area (Å²) in [7, 11) is 0. The molecule has 2 rings (SSSR count). The molecule has 0 aliphatic heterocycles. The normalized spacial score (nSPS) is 17.8. The molecule has 0 aromatic heterocycles. The lowest BCUT2D eigenvalue weighted by Gasteiger charge is -2.26. The molecule has 1 aromatic rings. The molecule has 0 saturated heterocycles. The highest BCUT2D eigenvalue weighted by Crippen LogP contribution is 2.30. The van der Waals surface area contributed by atoms with Crippen LogP contribution in [0.1, 0.15) is 42.9 Å². The smallest absolute Gasteiger partial charge is 0.329 e. The van der Waals surface area contributed by atoms with Gasteiger partial charge in [-0.3, -0.25) is 0 Å². The number of benzene rings is 1. The molecule has 5 heteroatoms. The summed E-state index contributed by atoms with van der Waals surface area (Å²) < 4.78 is 37.5. The lowest BCUT2D eigenvalue weighted by atomic mass is 9.83. The van der Waals surface area contributed by atoms with Crippen LogP contribution in [0.15, 0.2) is 24.3 Å². The van der Waals surface area contributed by atoms with Crippen molar-refractivity contribution in [1.82, 2.24) is 5.32 Å². The average molecular weight is 286 g/mol. The third-order valence-electron chi connectivity index (χ3n) is 4.04. The summed E-state index contributed by atoms with van der Waals surface area (Å²) in [5, 5.41) is 3.34. The Kier molecular flexibility index (Phi) is 5.05. The third kappa shape index (κ3) is 3.96. The van der Waals surface area contributed by atoms with Crippen LogP contribution in [0.3, 0.4) is 0 Å². The molecule has 1 atom stereocenters. The molecule has 3 N–H and O–H groups in total. The van der Waals surface area contributed by atoms with E-state index >= 15 is 0 Å².